The maximum Gasteiger partial charge on any atom is 0.257 e. The van der Waals surface area contributed by atoms with E-state index in [0.717, 1.165) is 0 Å². The fourth-order valence-corrected chi connectivity index (χ4v) is 1.82. The monoisotopic (exact) mass is 288 g/mol. The number of rotatable bonds is 4. The Hall–Kier alpha value is -2.56. The van der Waals surface area contributed by atoms with E-state index in [-0.39, 0.29) is 17.4 Å². The summed E-state index contributed by atoms with van der Waals surface area (Å²) in [6.07, 6.45) is 0.0810. The molecule has 5 heteroatoms. The highest BCUT2D eigenvalue weighted by Crippen LogP contribution is 2.20. The molecule has 2 aromatic rings. The van der Waals surface area contributed by atoms with Gasteiger partial charge in [0.15, 0.2) is 0 Å². The highest BCUT2D eigenvalue weighted by atomic mass is 19.1. The molecule has 2 aromatic carbocycles. The molecule has 0 atom stereocenters. The number of hydrogen-bond acceptors (Lipinski definition) is 3. The van der Waals surface area contributed by atoms with E-state index in [9.17, 15) is 9.18 Å². The first-order valence-corrected chi connectivity index (χ1v) is 6.59. The maximum atomic E-state index is 13.3. The van der Waals surface area contributed by atoms with Crippen molar-refractivity contribution in [1.29, 1.82) is 0 Å². The third-order valence-electron chi connectivity index (χ3n) is 2.78. The average molecular weight is 288 g/mol. The lowest BCUT2D eigenvalue weighted by atomic mass is 10.1. The Morgan fingerprint density at radius 3 is 2.48 bits per heavy atom. The van der Waals surface area contributed by atoms with Crippen LogP contribution in [-0.2, 0) is 0 Å². The summed E-state index contributed by atoms with van der Waals surface area (Å²) in [5.41, 5.74) is 6.09. The lowest BCUT2D eigenvalue weighted by molar-refractivity contribution is 0.102. The van der Waals surface area contributed by atoms with E-state index in [4.69, 9.17) is 10.5 Å². The molecule has 0 bridgehead atoms. The highest BCUT2D eigenvalue weighted by Gasteiger charge is 2.12. The summed E-state index contributed by atoms with van der Waals surface area (Å²) in [7, 11) is 0. The second kappa shape index (κ2) is 6.26. The topological polar surface area (TPSA) is 64.3 Å². The van der Waals surface area contributed by atoms with Gasteiger partial charge in [0, 0.05) is 5.69 Å². The summed E-state index contributed by atoms with van der Waals surface area (Å²) in [6, 6.07) is 11.1. The van der Waals surface area contributed by atoms with Crippen molar-refractivity contribution >= 4 is 17.3 Å². The van der Waals surface area contributed by atoms with Gasteiger partial charge in [0.1, 0.15) is 11.6 Å². The fraction of sp³-hybridized carbons (Fsp3) is 0.188. The normalized spacial score (nSPS) is 10.5. The Kier molecular flexibility index (Phi) is 4.42. The third kappa shape index (κ3) is 3.72. The molecule has 0 aliphatic rings. The van der Waals surface area contributed by atoms with Crippen LogP contribution in [0.25, 0.3) is 0 Å². The molecule has 110 valence electrons. The van der Waals surface area contributed by atoms with Crippen molar-refractivity contribution in [3.63, 3.8) is 0 Å². The van der Waals surface area contributed by atoms with Gasteiger partial charge in [-0.3, -0.25) is 4.79 Å². The minimum absolute atomic E-state index is 0.0810. The zero-order valence-electron chi connectivity index (χ0n) is 11.9. The molecule has 2 rings (SSSR count). The minimum Gasteiger partial charge on any atom is -0.491 e. The van der Waals surface area contributed by atoms with Gasteiger partial charge in [0.05, 0.1) is 17.4 Å². The molecule has 0 aliphatic heterocycles. The molecule has 0 unspecified atom stereocenters. The van der Waals surface area contributed by atoms with Crippen molar-refractivity contribution in [3.05, 3.63) is 53.8 Å². The van der Waals surface area contributed by atoms with Crippen molar-refractivity contribution in [2.24, 2.45) is 0 Å². The van der Waals surface area contributed by atoms with E-state index in [2.05, 4.69) is 5.32 Å². The van der Waals surface area contributed by atoms with E-state index in [0.29, 0.717) is 11.4 Å². The van der Waals surface area contributed by atoms with Gasteiger partial charge in [-0.2, -0.15) is 0 Å². The van der Waals surface area contributed by atoms with Crippen LogP contribution in [0.2, 0.25) is 0 Å². The standard InChI is InChI=1S/C16H17FN2O2/c1-10(2)21-12-8-6-11(7-9-12)19-16(20)13-4-3-5-14(17)15(13)18/h3-10H,18H2,1-2H3,(H,19,20). The Morgan fingerprint density at radius 2 is 1.86 bits per heavy atom. The molecular formula is C16H17FN2O2. The second-order valence-corrected chi connectivity index (χ2v) is 4.85. The van der Waals surface area contributed by atoms with Gasteiger partial charge in [0.2, 0.25) is 0 Å². The summed E-state index contributed by atoms with van der Waals surface area (Å²) in [5.74, 6) is -0.346. The molecule has 0 saturated carbocycles. The Morgan fingerprint density at radius 1 is 1.19 bits per heavy atom. The summed E-state index contributed by atoms with van der Waals surface area (Å²) in [4.78, 5) is 12.1. The van der Waals surface area contributed by atoms with Gasteiger partial charge in [-0.25, -0.2) is 4.39 Å². The van der Waals surface area contributed by atoms with Gasteiger partial charge in [-0.1, -0.05) is 6.07 Å². The number of carbonyl (C=O) groups is 1. The van der Waals surface area contributed by atoms with Crippen LogP contribution in [0, 0.1) is 5.82 Å². The van der Waals surface area contributed by atoms with Crippen molar-refractivity contribution in [2.75, 3.05) is 11.1 Å². The van der Waals surface area contributed by atoms with Crippen LogP contribution in [0.15, 0.2) is 42.5 Å². The minimum atomic E-state index is -0.608. The molecule has 21 heavy (non-hydrogen) atoms. The first-order valence-electron chi connectivity index (χ1n) is 6.59. The lowest BCUT2D eigenvalue weighted by Gasteiger charge is -2.11. The quantitative estimate of drug-likeness (QED) is 0.847. The Labute approximate surface area is 122 Å². The Balaban J connectivity index is 2.11. The van der Waals surface area contributed by atoms with E-state index in [1.807, 2.05) is 13.8 Å². The predicted molar refractivity (Wildman–Crippen MR) is 81.0 cm³/mol. The predicted octanol–water partition coefficient (Wildman–Crippen LogP) is 3.45. The number of nitrogen functional groups attached to an aromatic ring is 1. The van der Waals surface area contributed by atoms with E-state index in [1.54, 1.807) is 24.3 Å². The molecule has 0 radical (unpaired) electrons. The number of ether oxygens (including phenoxy) is 1. The number of para-hydroxylation sites is 1. The lowest BCUT2D eigenvalue weighted by Crippen LogP contribution is -2.14. The number of halogens is 1. The SMILES string of the molecule is CC(C)Oc1ccc(NC(=O)c2cccc(F)c2N)cc1. The number of nitrogens with one attached hydrogen (secondary N) is 1. The number of hydrogen-bond donors (Lipinski definition) is 2. The fourth-order valence-electron chi connectivity index (χ4n) is 1.82. The van der Waals surface area contributed by atoms with Crippen molar-refractivity contribution in [1.82, 2.24) is 0 Å². The van der Waals surface area contributed by atoms with Crippen LogP contribution in [0.3, 0.4) is 0 Å². The van der Waals surface area contributed by atoms with Crippen molar-refractivity contribution < 1.29 is 13.9 Å². The number of anilines is 2. The maximum absolute atomic E-state index is 13.3. The summed E-state index contributed by atoms with van der Waals surface area (Å²) in [6.45, 7) is 3.87. The van der Waals surface area contributed by atoms with Crippen LogP contribution < -0.4 is 15.8 Å². The molecule has 0 heterocycles. The van der Waals surface area contributed by atoms with E-state index >= 15 is 0 Å². The van der Waals surface area contributed by atoms with Gasteiger partial charge < -0.3 is 15.8 Å². The second-order valence-electron chi connectivity index (χ2n) is 4.85. The van der Waals surface area contributed by atoms with E-state index in [1.165, 1.54) is 18.2 Å². The van der Waals surface area contributed by atoms with Crippen molar-refractivity contribution in [2.45, 2.75) is 20.0 Å². The molecular weight excluding hydrogens is 271 g/mol. The first kappa shape index (κ1) is 14.8. The van der Waals surface area contributed by atoms with Gasteiger partial charge in [-0.05, 0) is 50.2 Å². The van der Waals surface area contributed by atoms with Crippen LogP contribution in [0.4, 0.5) is 15.8 Å². The van der Waals surface area contributed by atoms with Crippen molar-refractivity contribution in [3.8, 4) is 5.75 Å². The van der Waals surface area contributed by atoms with Gasteiger partial charge >= 0.3 is 0 Å². The van der Waals surface area contributed by atoms with Crippen LogP contribution in [0.5, 0.6) is 5.75 Å². The molecule has 4 nitrogen and oxygen atoms in total. The number of nitrogens with two attached hydrogens (primary N) is 1. The van der Waals surface area contributed by atoms with E-state index < -0.39 is 11.7 Å². The molecule has 3 N–H and O–H groups in total. The summed E-state index contributed by atoms with van der Waals surface area (Å²) >= 11 is 0. The molecule has 0 spiro atoms. The number of benzene rings is 2. The molecule has 0 aromatic heterocycles. The third-order valence-corrected chi connectivity index (χ3v) is 2.78. The zero-order valence-corrected chi connectivity index (χ0v) is 11.9. The van der Waals surface area contributed by atoms with Crippen LogP contribution >= 0.6 is 0 Å². The van der Waals surface area contributed by atoms with Gasteiger partial charge in [0.25, 0.3) is 5.91 Å². The summed E-state index contributed by atoms with van der Waals surface area (Å²) < 4.78 is 18.8. The highest BCUT2D eigenvalue weighted by molar-refractivity contribution is 6.07. The molecule has 0 saturated heterocycles. The Bertz CT molecular complexity index is 639. The molecule has 0 fully saturated rings. The summed E-state index contributed by atoms with van der Waals surface area (Å²) in [5, 5.41) is 2.67. The number of carbonyl (C=O) groups excluding carboxylic acids is 1. The largest absolute Gasteiger partial charge is 0.491 e. The first-order chi connectivity index (χ1) is 9.97. The smallest absolute Gasteiger partial charge is 0.257 e. The average Bonchev–Trinajstić information content (AvgIpc) is 2.43. The van der Waals surface area contributed by atoms with Gasteiger partial charge in [-0.15, -0.1) is 0 Å². The number of amides is 1. The molecule has 0 aliphatic carbocycles. The zero-order chi connectivity index (χ0) is 15.4. The van der Waals surface area contributed by atoms with Crippen LogP contribution in [0.1, 0.15) is 24.2 Å². The van der Waals surface area contributed by atoms with Crippen LogP contribution in [-0.4, -0.2) is 12.0 Å². The molecule has 1 amide bonds.